The van der Waals surface area contributed by atoms with Crippen LogP contribution in [-0.4, -0.2) is 83.9 Å². The van der Waals surface area contributed by atoms with E-state index in [4.69, 9.17) is 0 Å². The Morgan fingerprint density at radius 1 is 1.18 bits per heavy atom. The third-order valence-electron chi connectivity index (χ3n) is 6.26. The topological polar surface area (TPSA) is 61.7 Å². The van der Waals surface area contributed by atoms with E-state index in [1.807, 2.05) is 10.9 Å². The van der Waals surface area contributed by atoms with Gasteiger partial charge in [-0.1, -0.05) is 0 Å². The fourth-order valence-corrected chi connectivity index (χ4v) is 5.86. The summed E-state index contributed by atoms with van der Waals surface area (Å²) in [6.07, 6.45) is 8.82. The molecule has 0 aromatic carbocycles. The van der Waals surface area contributed by atoms with Crippen LogP contribution in [0.5, 0.6) is 0 Å². The van der Waals surface area contributed by atoms with Crippen molar-refractivity contribution in [1.29, 1.82) is 0 Å². The molecule has 0 radical (unpaired) electrons. The Balaban J connectivity index is 1.59. The summed E-state index contributed by atoms with van der Waals surface area (Å²) in [6.45, 7) is 11.8. The zero-order chi connectivity index (χ0) is 20.1. The zero-order valence-electron chi connectivity index (χ0n) is 17.8. The molecule has 1 aromatic rings. The predicted octanol–water partition coefficient (Wildman–Crippen LogP) is 1.92. The summed E-state index contributed by atoms with van der Waals surface area (Å²) in [4.78, 5) is 4.86. The molecule has 160 valence electrons. The molecule has 2 fully saturated rings. The van der Waals surface area contributed by atoms with Crippen molar-refractivity contribution in [2.75, 3.05) is 45.5 Å². The van der Waals surface area contributed by atoms with Crippen LogP contribution in [0.2, 0.25) is 0 Å². The third-order valence-corrected chi connectivity index (χ3v) is 7.60. The zero-order valence-corrected chi connectivity index (χ0v) is 18.6. The van der Waals surface area contributed by atoms with E-state index >= 15 is 0 Å². The first kappa shape index (κ1) is 21.7. The van der Waals surface area contributed by atoms with Gasteiger partial charge in [-0.2, -0.15) is 9.40 Å². The van der Waals surface area contributed by atoms with Gasteiger partial charge in [-0.25, -0.2) is 8.42 Å². The third kappa shape index (κ3) is 5.55. The fourth-order valence-electron chi connectivity index (χ4n) is 4.69. The average Bonchev–Trinajstić information content (AvgIpc) is 3.28. The molecule has 28 heavy (non-hydrogen) atoms. The minimum Gasteiger partial charge on any atom is -0.303 e. The van der Waals surface area contributed by atoms with Crippen molar-refractivity contribution >= 4 is 10.0 Å². The van der Waals surface area contributed by atoms with Gasteiger partial charge in [0.1, 0.15) is 0 Å². The van der Waals surface area contributed by atoms with Gasteiger partial charge < -0.3 is 4.90 Å². The van der Waals surface area contributed by atoms with Crippen LogP contribution in [0.25, 0.3) is 0 Å². The second-order valence-corrected chi connectivity index (χ2v) is 10.3. The lowest BCUT2D eigenvalue weighted by Gasteiger charge is -2.38. The average molecular weight is 412 g/mol. The Morgan fingerprint density at radius 3 is 2.54 bits per heavy atom. The highest BCUT2D eigenvalue weighted by atomic mass is 32.2. The predicted molar refractivity (Wildman–Crippen MR) is 113 cm³/mol. The molecule has 8 heteroatoms. The molecule has 0 aliphatic carbocycles. The Morgan fingerprint density at radius 2 is 1.89 bits per heavy atom. The highest BCUT2D eigenvalue weighted by Crippen LogP contribution is 2.22. The van der Waals surface area contributed by atoms with Crippen LogP contribution in [0.15, 0.2) is 6.20 Å². The molecule has 3 rings (SSSR count). The molecule has 2 aliphatic rings. The standard InChI is InChI=1S/C20H37N5O2S/c1-4-24-18(2)19(15-21-24)16-23-12-7-9-20(17-23)25(28(3,26)27)14-8-13-22-10-5-6-11-22/h15,20H,4-14,16-17H2,1-3H3. The lowest BCUT2D eigenvalue weighted by atomic mass is 10.0. The molecule has 2 aliphatic heterocycles. The summed E-state index contributed by atoms with van der Waals surface area (Å²) in [7, 11) is -3.19. The summed E-state index contributed by atoms with van der Waals surface area (Å²) >= 11 is 0. The van der Waals surface area contributed by atoms with Gasteiger partial charge in [0.05, 0.1) is 12.5 Å². The van der Waals surface area contributed by atoms with E-state index in [1.165, 1.54) is 43.4 Å². The fraction of sp³-hybridized carbons (Fsp3) is 0.850. The lowest BCUT2D eigenvalue weighted by Crippen LogP contribution is -2.50. The molecule has 2 saturated heterocycles. The molecule has 1 aromatic heterocycles. The van der Waals surface area contributed by atoms with E-state index < -0.39 is 10.0 Å². The molecule has 1 atom stereocenters. The van der Waals surface area contributed by atoms with E-state index in [-0.39, 0.29) is 6.04 Å². The maximum atomic E-state index is 12.5. The van der Waals surface area contributed by atoms with Gasteiger partial charge in [-0.05, 0) is 72.1 Å². The maximum absolute atomic E-state index is 12.5. The highest BCUT2D eigenvalue weighted by molar-refractivity contribution is 7.88. The summed E-state index contributed by atoms with van der Waals surface area (Å²) in [5.74, 6) is 0. The number of hydrogen-bond acceptors (Lipinski definition) is 5. The van der Waals surface area contributed by atoms with E-state index in [0.29, 0.717) is 6.54 Å². The smallest absolute Gasteiger partial charge is 0.211 e. The number of sulfonamides is 1. The minimum atomic E-state index is -3.19. The van der Waals surface area contributed by atoms with E-state index in [1.54, 1.807) is 4.31 Å². The molecule has 0 saturated carbocycles. The summed E-state index contributed by atoms with van der Waals surface area (Å²) in [5, 5.41) is 4.45. The number of aromatic nitrogens is 2. The Kier molecular flexibility index (Phi) is 7.53. The number of aryl methyl sites for hydroxylation is 1. The van der Waals surface area contributed by atoms with Gasteiger partial charge in [-0.15, -0.1) is 0 Å². The normalized spacial score (nSPS) is 22.4. The van der Waals surface area contributed by atoms with E-state index in [9.17, 15) is 8.42 Å². The number of nitrogens with zero attached hydrogens (tertiary/aromatic N) is 5. The van der Waals surface area contributed by atoms with Gasteiger partial charge in [0.25, 0.3) is 0 Å². The van der Waals surface area contributed by atoms with Crippen LogP contribution in [0.4, 0.5) is 0 Å². The summed E-state index contributed by atoms with van der Waals surface area (Å²) in [6, 6.07) is 0.0869. The molecular formula is C20H37N5O2S. The highest BCUT2D eigenvalue weighted by Gasteiger charge is 2.31. The molecule has 1 unspecified atom stereocenters. The SMILES string of the molecule is CCn1ncc(CN2CCCC(N(CCCN3CCCC3)S(C)(=O)=O)C2)c1C. The monoisotopic (exact) mass is 411 g/mol. The molecule has 0 spiro atoms. The van der Waals surface area contributed by atoms with Crippen molar-refractivity contribution in [2.24, 2.45) is 0 Å². The van der Waals surface area contributed by atoms with Crippen LogP contribution >= 0.6 is 0 Å². The van der Waals surface area contributed by atoms with Crippen LogP contribution in [0, 0.1) is 6.92 Å². The second-order valence-electron chi connectivity index (χ2n) is 8.38. The van der Waals surface area contributed by atoms with Gasteiger partial charge in [0.15, 0.2) is 0 Å². The number of piperidine rings is 1. The molecule has 3 heterocycles. The van der Waals surface area contributed by atoms with Gasteiger partial charge in [0, 0.05) is 43.5 Å². The van der Waals surface area contributed by atoms with Crippen LogP contribution < -0.4 is 0 Å². The second kappa shape index (κ2) is 9.69. The molecule has 0 amide bonds. The Hall–Kier alpha value is -0.960. The summed E-state index contributed by atoms with van der Waals surface area (Å²) in [5.41, 5.74) is 2.47. The maximum Gasteiger partial charge on any atom is 0.211 e. The van der Waals surface area contributed by atoms with Crippen molar-refractivity contribution in [3.8, 4) is 0 Å². The van der Waals surface area contributed by atoms with Crippen molar-refractivity contribution in [3.63, 3.8) is 0 Å². The minimum absolute atomic E-state index is 0.0869. The lowest BCUT2D eigenvalue weighted by molar-refractivity contribution is 0.139. The van der Waals surface area contributed by atoms with Crippen molar-refractivity contribution < 1.29 is 8.42 Å². The van der Waals surface area contributed by atoms with E-state index in [0.717, 1.165) is 52.0 Å². The van der Waals surface area contributed by atoms with Crippen LogP contribution in [0.3, 0.4) is 0 Å². The van der Waals surface area contributed by atoms with E-state index in [2.05, 4.69) is 28.7 Å². The van der Waals surface area contributed by atoms with Crippen LogP contribution in [0.1, 0.15) is 50.3 Å². The largest absolute Gasteiger partial charge is 0.303 e. The van der Waals surface area contributed by atoms with Crippen molar-refractivity contribution in [3.05, 3.63) is 17.5 Å². The van der Waals surface area contributed by atoms with Gasteiger partial charge in [0.2, 0.25) is 10.0 Å². The molecule has 7 nitrogen and oxygen atoms in total. The first-order valence-electron chi connectivity index (χ1n) is 10.8. The van der Waals surface area contributed by atoms with Gasteiger partial charge >= 0.3 is 0 Å². The quantitative estimate of drug-likeness (QED) is 0.621. The van der Waals surface area contributed by atoms with Crippen LogP contribution in [-0.2, 0) is 23.1 Å². The first-order valence-corrected chi connectivity index (χ1v) is 12.7. The molecule has 0 bridgehead atoms. The molecule has 0 N–H and O–H groups in total. The summed E-state index contributed by atoms with van der Waals surface area (Å²) < 4.78 is 28.8. The van der Waals surface area contributed by atoms with Crippen molar-refractivity contribution in [2.45, 2.75) is 65.1 Å². The number of hydrogen-bond donors (Lipinski definition) is 0. The van der Waals surface area contributed by atoms with Crippen molar-refractivity contribution in [1.82, 2.24) is 23.9 Å². The first-order chi connectivity index (χ1) is 13.4. The Labute approximate surface area is 170 Å². The number of rotatable bonds is 9. The number of likely N-dealkylation sites (tertiary alicyclic amines) is 2. The Bertz CT molecular complexity index is 727. The molecular weight excluding hydrogens is 374 g/mol. The van der Waals surface area contributed by atoms with Gasteiger partial charge in [-0.3, -0.25) is 9.58 Å².